The van der Waals surface area contributed by atoms with Crippen molar-refractivity contribution >= 4 is 5.91 Å². The van der Waals surface area contributed by atoms with Crippen LogP contribution >= 0.6 is 0 Å². The fourth-order valence-corrected chi connectivity index (χ4v) is 3.15. The van der Waals surface area contributed by atoms with E-state index in [1.54, 1.807) is 4.68 Å². The summed E-state index contributed by atoms with van der Waals surface area (Å²) in [5, 5.41) is 11.7. The van der Waals surface area contributed by atoms with E-state index in [0.717, 1.165) is 43.0 Å². The topological polar surface area (TPSA) is 63.1 Å². The van der Waals surface area contributed by atoms with Gasteiger partial charge in [0.1, 0.15) is 0 Å². The fourth-order valence-electron chi connectivity index (χ4n) is 3.15. The summed E-state index contributed by atoms with van der Waals surface area (Å²) >= 11 is 0. The predicted octanol–water partition coefficient (Wildman–Crippen LogP) is 1.64. The number of nitrogens with zero attached hydrogens (tertiary/aromatic N) is 4. The summed E-state index contributed by atoms with van der Waals surface area (Å²) in [6.07, 6.45) is 2.49. The Balaban J connectivity index is 1.72. The third-order valence-corrected chi connectivity index (χ3v) is 4.77. The van der Waals surface area contributed by atoms with Gasteiger partial charge in [0.05, 0.1) is 23.5 Å². The molecule has 1 aliphatic rings. The van der Waals surface area contributed by atoms with Crippen molar-refractivity contribution in [3.63, 3.8) is 0 Å². The Bertz CT molecular complexity index is 707. The lowest BCUT2D eigenvalue weighted by Gasteiger charge is -2.32. The molecule has 1 aliphatic heterocycles. The van der Waals surface area contributed by atoms with Crippen LogP contribution in [0.4, 0.5) is 0 Å². The molecule has 1 fully saturated rings. The van der Waals surface area contributed by atoms with E-state index >= 15 is 0 Å². The molecular weight excluding hydrogens is 302 g/mol. The molecule has 1 atom stereocenters. The third-order valence-electron chi connectivity index (χ3n) is 4.77. The first-order chi connectivity index (χ1) is 11.6. The number of piperidine rings is 1. The largest absolute Gasteiger partial charge is 0.341 e. The minimum absolute atomic E-state index is 0.133. The Morgan fingerprint density at radius 2 is 2.04 bits per heavy atom. The molecule has 0 spiro atoms. The number of benzene rings is 1. The molecule has 0 bridgehead atoms. The number of hydrogen-bond donors (Lipinski definition) is 1. The molecule has 1 saturated heterocycles. The number of rotatable bonds is 4. The summed E-state index contributed by atoms with van der Waals surface area (Å²) < 4.78 is 1.80. The first-order valence-electron chi connectivity index (χ1n) is 8.51. The Kier molecular flexibility index (Phi) is 4.94. The molecule has 0 aliphatic carbocycles. The summed E-state index contributed by atoms with van der Waals surface area (Å²) in [6.45, 7) is 5.64. The summed E-state index contributed by atoms with van der Waals surface area (Å²) in [6, 6.07) is 8.53. The van der Waals surface area contributed by atoms with Gasteiger partial charge < -0.3 is 10.2 Å². The van der Waals surface area contributed by atoms with E-state index in [9.17, 15) is 4.79 Å². The van der Waals surface area contributed by atoms with Crippen molar-refractivity contribution in [3.8, 4) is 5.69 Å². The predicted molar refractivity (Wildman–Crippen MR) is 93.2 cm³/mol. The molecule has 128 valence electrons. The fraction of sp³-hybridized carbons (Fsp3) is 0.500. The lowest BCUT2D eigenvalue weighted by atomic mass is 10.1. The van der Waals surface area contributed by atoms with Gasteiger partial charge in [0, 0.05) is 19.1 Å². The highest BCUT2D eigenvalue weighted by Crippen LogP contribution is 2.16. The highest BCUT2D eigenvalue weighted by Gasteiger charge is 2.24. The van der Waals surface area contributed by atoms with Gasteiger partial charge in [-0.1, -0.05) is 22.9 Å². The number of likely N-dealkylation sites (tertiary alicyclic amines) is 1. The Labute approximate surface area is 142 Å². The number of nitrogens with one attached hydrogen (secondary N) is 1. The molecule has 2 aromatic rings. The summed E-state index contributed by atoms with van der Waals surface area (Å²) in [4.78, 5) is 14.5. The van der Waals surface area contributed by atoms with E-state index in [1.807, 2.05) is 43.1 Å². The van der Waals surface area contributed by atoms with Crippen molar-refractivity contribution in [2.45, 2.75) is 39.2 Å². The zero-order chi connectivity index (χ0) is 17.1. The van der Waals surface area contributed by atoms with E-state index in [4.69, 9.17) is 0 Å². The average Bonchev–Trinajstić information content (AvgIpc) is 2.96. The zero-order valence-corrected chi connectivity index (χ0v) is 14.6. The first-order valence-corrected chi connectivity index (χ1v) is 8.51. The maximum atomic E-state index is 12.6. The molecule has 1 aromatic carbocycles. The molecule has 3 rings (SSSR count). The van der Waals surface area contributed by atoms with Gasteiger partial charge >= 0.3 is 0 Å². The van der Waals surface area contributed by atoms with Gasteiger partial charge in [-0.05, 0) is 45.9 Å². The van der Waals surface area contributed by atoms with Gasteiger partial charge in [-0.25, -0.2) is 4.68 Å². The first kappa shape index (κ1) is 16.6. The van der Waals surface area contributed by atoms with E-state index in [1.165, 1.54) is 5.56 Å². The highest BCUT2D eigenvalue weighted by atomic mass is 16.2. The van der Waals surface area contributed by atoms with Crippen LogP contribution in [-0.2, 0) is 11.2 Å². The van der Waals surface area contributed by atoms with E-state index in [2.05, 4.69) is 22.6 Å². The SMILES string of the molecule is CNC1CCCN(C(=O)Cc2nnn(-c3ccc(C)cc3)c2C)C1. The summed E-state index contributed by atoms with van der Waals surface area (Å²) in [5.41, 5.74) is 3.86. The second kappa shape index (κ2) is 7.13. The van der Waals surface area contributed by atoms with E-state index < -0.39 is 0 Å². The number of amides is 1. The van der Waals surface area contributed by atoms with Crippen LogP contribution in [0.3, 0.4) is 0 Å². The van der Waals surface area contributed by atoms with Crippen molar-refractivity contribution in [2.24, 2.45) is 0 Å². The van der Waals surface area contributed by atoms with Gasteiger partial charge in [0.15, 0.2) is 0 Å². The van der Waals surface area contributed by atoms with Crippen LogP contribution in [0.15, 0.2) is 24.3 Å². The molecule has 1 amide bonds. The van der Waals surface area contributed by atoms with Crippen molar-refractivity contribution in [1.29, 1.82) is 0 Å². The van der Waals surface area contributed by atoms with Crippen LogP contribution in [0, 0.1) is 13.8 Å². The maximum absolute atomic E-state index is 12.6. The molecule has 6 heteroatoms. The standard InChI is InChI=1S/C18H25N5O/c1-13-6-8-16(9-7-13)23-14(2)17(20-21-23)11-18(24)22-10-4-5-15(12-22)19-3/h6-9,15,19H,4-5,10-12H2,1-3H3. The van der Waals surface area contributed by atoms with Gasteiger partial charge in [-0.2, -0.15) is 0 Å². The van der Waals surface area contributed by atoms with Crippen molar-refractivity contribution < 1.29 is 4.79 Å². The second-order valence-corrected chi connectivity index (χ2v) is 6.51. The number of hydrogen-bond acceptors (Lipinski definition) is 4. The van der Waals surface area contributed by atoms with Crippen LogP contribution in [0.25, 0.3) is 5.69 Å². The van der Waals surface area contributed by atoms with Gasteiger partial charge in [0.2, 0.25) is 5.91 Å². The number of likely N-dealkylation sites (N-methyl/N-ethyl adjacent to an activating group) is 1. The Morgan fingerprint density at radius 1 is 1.29 bits per heavy atom. The molecular formula is C18H25N5O. The van der Waals surface area contributed by atoms with Crippen molar-refractivity contribution in [3.05, 3.63) is 41.2 Å². The quantitative estimate of drug-likeness (QED) is 0.927. The minimum Gasteiger partial charge on any atom is -0.341 e. The molecule has 1 aromatic heterocycles. The molecule has 24 heavy (non-hydrogen) atoms. The van der Waals surface area contributed by atoms with E-state index in [0.29, 0.717) is 12.5 Å². The molecule has 2 heterocycles. The van der Waals surface area contributed by atoms with Gasteiger partial charge in [-0.15, -0.1) is 5.10 Å². The van der Waals surface area contributed by atoms with Crippen LogP contribution in [0.1, 0.15) is 29.8 Å². The van der Waals surface area contributed by atoms with Crippen LogP contribution in [0.5, 0.6) is 0 Å². The summed E-state index contributed by atoms with van der Waals surface area (Å²) in [7, 11) is 1.95. The Hall–Kier alpha value is -2.21. The van der Waals surface area contributed by atoms with Gasteiger partial charge in [0.25, 0.3) is 0 Å². The van der Waals surface area contributed by atoms with Crippen molar-refractivity contribution in [2.75, 3.05) is 20.1 Å². The van der Waals surface area contributed by atoms with Crippen LogP contribution in [0.2, 0.25) is 0 Å². The zero-order valence-electron chi connectivity index (χ0n) is 14.6. The average molecular weight is 327 g/mol. The van der Waals surface area contributed by atoms with Gasteiger partial charge in [-0.3, -0.25) is 4.79 Å². The third kappa shape index (κ3) is 3.48. The smallest absolute Gasteiger partial charge is 0.228 e. The monoisotopic (exact) mass is 327 g/mol. The Morgan fingerprint density at radius 3 is 2.75 bits per heavy atom. The number of carbonyl (C=O) groups is 1. The highest BCUT2D eigenvalue weighted by molar-refractivity contribution is 5.78. The second-order valence-electron chi connectivity index (χ2n) is 6.51. The van der Waals surface area contributed by atoms with E-state index in [-0.39, 0.29) is 5.91 Å². The molecule has 0 saturated carbocycles. The molecule has 1 unspecified atom stereocenters. The number of carbonyl (C=O) groups excluding carboxylic acids is 1. The lowest BCUT2D eigenvalue weighted by Crippen LogP contribution is -2.47. The van der Waals surface area contributed by atoms with Crippen LogP contribution in [-0.4, -0.2) is 52.0 Å². The van der Waals surface area contributed by atoms with Crippen molar-refractivity contribution in [1.82, 2.24) is 25.2 Å². The number of aromatic nitrogens is 3. The lowest BCUT2D eigenvalue weighted by molar-refractivity contribution is -0.131. The summed E-state index contributed by atoms with van der Waals surface area (Å²) in [5.74, 6) is 0.133. The molecule has 6 nitrogen and oxygen atoms in total. The number of aryl methyl sites for hydroxylation is 1. The molecule has 0 radical (unpaired) electrons. The van der Waals surface area contributed by atoms with Crippen LogP contribution < -0.4 is 5.32 Å². The maximum Gasteiger partial charge on any atom is 0.228 e. The molecule has 1 N–H and O–H groups in total. The normalized spacial score (nSPS) is 18.0. The minimum atomic E-state index is 0.133.